The van der Waals surface area contributed by atoms with Gasteiger partial charge < -0.3 is 14.3 Å². The molecule has 0 aromatic heterocycles. The molecule has 0 amide bonds. The average Bonchev–Trinajstić information content (AvgIpc) is 2.30. The zero-order valence-electron chi connectivity index (χ0n) is 13.5. The molecule has 1 atom stereocenters. The summed E-state index contributed by atoms with van der Waals surface area (Å²) >= 11 is 0. The van der Waals surface area contributed by atoms with Crippen LogP contribution >= 0.6 is 0 Å². The van der Waals surface area contributed by atoms with Gasteiger partial charge in [0.15, 0.2) is 6.10 Å². The van der Waals surface area contributed by atoms with Crippen LogP contribution in [-0.4, -0.2) is 55.3 Å². The highest BCUT2D eigenvalue weighted by atomic mass is 16.5. The van der Waals surface area contributed by atoms with Gasteiger partial charge in [0.2, 0.25) is 0 Å². The Balaban J connectivity index is 4.30. The maximum atomic E-state index is 11.7. The second-order valence-corrected chi connectivity index (χ2v) is 6.03. The Bertz CT molecular complexity index is 380. The summed E-state index contributed by atoms with van der Waals surface area (Å²) in [4.78, 5) is 22.5. The molecule has 0 fully saturated rings. The van der Waals surface area contributed by atoms with Crippen LogP contribution in [-0.2, 0) is 14.3 Å². The van der Waals surface area contributed by atoms with E-state index in [9.17, 15) is 9.59 Å². The number of carbonyl (C=O) groups is 2. The highest BCUT2D eigenvalue weighted by Crippen LogP contribution is 2.06. The fourth-order valence-electron chi connectivity index (χ4n) is 1.77. The minimum absolute atomic E-state index is 0.156. The van der Waals surface area contributed by atoms with E-state index in [1.54, 1.807) is 6.08 Å². The number of aliphatic carboxylic acids is 1. The number of ether oxygens (including phenoxy) is 1. The lowest BCUT2D eigenvalue weighted by Gasteiger charge is -2.28. The summed E-state index contributed by atoms with van der Waals surface area (Å²) in [7, 11) is 5.79. The molecule has 0 rings (SSSR count). The molecule has 5 heteroatoms. The van der Waals surface area contributed by atoms with E-state index in [0.29, 0.717) is 11.0 Å². The number of likely N-dealkylation sites (N-methyl/N-ethyl adjacent to an activating group) is 1. The molecule has 1 unspecified atom stereocenters. The van der Waals surface area contributed by atoms with Crippen molar-refractivity contribution in [3.8, 4) is 0 Å². The van der Waals surface area contributed by atoms with E-state index in [1.807, 2.05) is 39.4 Å². The largest absolute Gasteiger partial charge is 0.481 e. The predicted molar refractivity (Wildman–Crippen MR) is 82.8 cm³/mol. The van der Waals surface area contributed by atoms with E-state index in [1.165, 1.54) is 0 Å². The van der Waals surface area contributed by atoms with Crippen LogP contribution in [0.25, 0.3) is 0 Å². The molecule has 0 saturated carbocycles. The fourth-order valence-corrected chi connectivity index (χ4v) is 1.77. The Morgan fingerprint density at radius 2 is 1.81 bits per heavy atom. The number of allylic oxidation sites excluding steroid dienone is 3. The zero-order chi connectivity index (χ0) is 16.3. The SMILES string of the molecule is CCC/C=C/C=C/CC(=O)OC(CC(=O)O)C[N+](C)(C)C. The lowest BCUT2D eigenvalue weighted by Crippen LogP contribution is -2.43. The fraction of sp³-hybridized carbons (Fsp3) is 0.625. The summed E-state index contributed by atoms with van der Waals surface area (Å²) in [6, 6.07) is 0. The number of carbonyl (C=O) groups excluding carboxylic acids is 1. The second kappa shape index (κ2) is 10.2. The second-order valence-electron chi connectivity index (χ2n) is 6.03. The standard InChI is InChI=1S/C16H27NO4/c1-5-6-7-8-9-10-11-16(20)21-14(12-15(18)19)13-17(2,3)4/h7-10,14H,5-6,11-13H2,1-4H3/p+1/b8-7+,10-9+. The number of unbranched alkanes of at least 4 members (excludes halogenated alkanes) is 1. The van der Waals surface area contributed by atoms with Crippen molar-refractivity contribution in [1.82, 2.24) is 0 Å². The molecule has 0 heterocycles. The van der Waals surface area contributed by atoms with Crippen molar-refractivity contribution in [2.24, 2.45) is 0 Å². The number of nitrogens with zero attached hydrogens (tertiary/aromatic N) is 1. The molecule has 0 aliphatic rings. The number of carboxylic acid groups (broad SMARTS) is 1. The van der Waals surface area contributed by atoms with Crippen molar-refractivity contribution in [1.29, 1.82) is 0 Å². The molecule has 5 nitrogen and oxygen atoms in total. The van der Waals surface area contributed by atoms with Crippen LogP contribution in [0.3, 0.4) is 0 Å². The van der Waals surface area contributed by atoms with E-state index in [-0.39, 0.29) is 12.8 Å². The summed E-state index contributed by atoms with van der Waals surface area (Å²) in [5.41, 5.74) is 0. The minimum Gasteiger partial charge on any atom is -0.481 e. The molecule has 1 N–H and O–H groups in total. The van der Waals surface area contributed by atoms with Gasteiger partial charge >= 0.3 is 11.9 Å². The summed E-state index contributed by atoms with van der Waals surface area (Å²) in [6.07, 6.45) is 8.96. The van der Waals surface area contributed by atoms with Crippen LogP contribution in [0, 0.1) is 0 Å². The van der Waals surface area contributed by atoms with Crippen molar-refractivity contribution in [3.63, 3.8) is 0 Å². The van der Waals surface area contributed by atoms with Crippen LogP contribution in [0.5, 0.6) is 0 Å². The molecule has 120 valence electrons. The highest BCUT2D eigenvalue weighted by molar-refractivity contribution is 5.72. The van der Waals surface area contributed by atoms with Gasteiger partial charge in [0.25, 0.3) is 0 Å². The monoisotopic (exact) mass is 298 g/mol. The van der Waals surface area contributed by atoms with Gasteiger partial charge in [-0.3, -0.25) is 9.59 Å². The van der Waals surface area contributed by atoms with Crippen LogP contribution in [0.2, 0.25) is 0 Å². The van der Waals surface area contributed by atoms with Crippen molar-refractivity contribution in [2.45, 2.75) is 38.7 Å². The first-order chi connectivity index (χ1) is 9.74. The number of hydrogen-bond acceptors (Lipinski definition) is 3. The van der Waals surface area contributed by atoms with Crippen molar-refractivity contribution < 1.29 is 23.9 Å². The normalized spacial score (nSPS) is 13.7. The van der Waals surface area contributed by atoms with Gasteiger partial charge in [0.1, 0.15) is 6.54 Å². The molecule has 0 aromatic rings. The van der Waals surface area contributed by atoms with E-state index in [0.717, 1.165) is 12.8 Å². The quantitative estimate of drug-likeness (QED) is 0.382. The third kappa shape index (κ3) is 13.1. The molecule has 0 aliphatic carbocycles. The predicted octanol–water partition coefficient (Wildman–Crippen LogP) is 2.38. The van der Waals surface area contributed by atoms with Gasteiger partial charge in [-0.1, -0.05) is 37.6 Å². The molecule has 0 saturated heterocycles. The molecule has 0 bridgehead atoms. The Kier molecular flexibility index (Phi) is 9.37. The first-order valence-electron chi connectivity index (χ1n) is 7.28. The summed E-state index contributed by atoms with van der Waals surface area (Å²) < 4.78 is 5.80. The number of rotatable bonds is 10. The zero-order valence-corrected chi connectivity index (χ0v) is 13.5. The number of quaternary nitrogens is 1. The van der Waals surface area contributed by atoms with Crippen molar-refractivity contribution in [3.05, 3.63) is 24.3 Å². The average molecular weight is 298 g/mol. The maximum absolute atomic E-state index is 11.7. The van der Waals surface area contributed by atoms with Gasteiger partial charge in [-0.25, -0.2) is 0 Å². The van der Waals surface area contributed by atoms with Gasteiger partial charge in [-0.05, 0) is 6.42 Å². The maximum Gasteiger partial charge on any atom is 0.310 e. The Morgan fingerprint density at radius 3 is 2.33 bits per heavy atom. The number of hydrogen-bond donors (Lipinski definition) is 1. The summed E-state index contributed by atoms with van der Waals surface area (Å²) in [5, 5.41) is 8.87. The number of esters is 1. The summed E-state index contributed by atoms with van der Waals surface area (Å²) in [6.45, 7) is 2.57. The lowest BCUT2D eigenvalue weighted by atomic mass is 10.2. The van der Waals surface area contributed by atoms with Gasteiger partial charge in [-0.15, -0.1) is 0 Å². The van der Waals surface area contributed by atoms with E-state index < -0.39 is 18.0 Å². The lowest BCUT2D eigenvalue weighted by molar-refractivity contribution is -0.873. The van der Waals surface area contributed by atoms with E-state index in [4.69, 9.17) is 9.84 Å². The molecule has 0 radical (unpaired) electrons. The number of carboxylic acids is 1. The van der Waals surface area contributed by atoms with E-state index in [2.05, 4.69) is 6.92 Å². The third-order valence-electron chi connectivity index (χ3n) is 2.57. The Labute approximate surface area is 127 Å². The molecule has 0 aliphatic heterocycles. The molecule has 0 aromatic carbocycles. The summed E-state index contributed by atoms with van der Waals surface area (Å²) in [5.74, 6) is -1.35. The van der Waals surface area contributed by atoms with E-state index >= 15 is 0 Å². The van der Waals surface area contributed by atoms with Crippen LogP contribution < -0.4 is 0 Å². The highest BCUT2D eigenvalue weighted by Gasteiger charge is 2.24. The Hall–Kier alpha value is -1.62. The third-order valence-corrected chi connectivity index (χ3v) is 2.57. The topological polar surface area (TPSA) is 63.6 Å². The molecule has 21 heavy (non-hydrogen) atoms. The first-order valence-corrected chi connectivity index (χ1v) is 7.28. The smallest absolute Gasteiger partial charge is 0.310 e. The first kappa shape index (κ1) is 19.4. The minimum atomic E-state index is -0.959. The van der Waals surface area contributed by atoms with Crippen molar-refractivity contribution >= 4 is 11.9 Å². The van der Waals surface area contributed by atoms with Gasteiger partial charge in [0.05, 0.1) is 34.0 Å². The molecular weight excluding hydrogens is 270 g/mol. The Morgan fingerprint density at radius 1 is 1.19 bits per heavy atom. The van der Waals surface area contributed by atoms with Gasteiger partial charge in [-0.2, -0.15) is 0 Å². The van der Waals surface area contributed by atoms with Gasteiger partial charge in [0, 0.05) is 0 Å². The molecule has 0 spiro atoms. The van der Waals surface area contributed by atoms with Crippen molar-refractivity contribution in [2.75, 3.05) is 27.7 Å². The van der Waals surface area contributed by atoms with Crippen LogP contribution in [0.4, 0.5) is 0 Å². The van der Waals surface area contributed by atoms with Crippen LogP contribution in [0.15, 0.2) is 24.3 Å². The van der Waals surface area contributed by atoms with Crippen LogP contribution in [0.1, 0.15) is 32.6 Å². The molecular formula is C16H28NO4+.